The Balaban J connectivity index is 3.38. The molecule has 0 spiro atoms. The molecule has 0 saturated heterocycles. The summed E-state index contributed by atoms with van der Waals surface area (Å²) >= 11 is 0. The molecule has 0 unspecified atom stereocenters. The van der Waals surface area contributed by atoms with E-state index in [0.717, 1.165) is 32.5 Å². The normalized spacial score (nSPS) is 10.9. The molecule has 0 radical (unpaired) electrons. The van der Waals surface area contributed by atoms with E-state index in [1.54, 1.807) is 0 Å². The van der Waals surface area contributed by atoms with Crippen LogP contribution < -0.4 is 0 Å². The van der Waals surface area contributed by atoms with Gasteiger partial charge in [0, 0.05) is 6.54 Å². The van der Waals surface area contributed by atoms with Gasteiger partial charge in [0.25, 0.3) is 0 Å². The first-order valence-electron chi connectivity index (χ1n) is 6.62. The van der Waals surface area contributed by atoms with E-state index in [0.29, 0.717) is 19.1 Å². The maximum atomic E-state index is 11.2. The monoisotopic (exact) mass is 245 g/mol. The number of hydrogen-bond acceptors (Lipinski definition) is 4. The highest BCUT2D eigenvalue weighted by Gasteiger charge is 2.05. The molecule has 0 aliphatic rings. The quantitative estimate of drug-likeness (QED) is 0.462. The summed E-state index contributed by atoms with van der Waals surface area (Å²) in [6.07, 6.45) is 1.21. The average Bonchev–Trinajstić information content (AvgIpc) is 2.29. The van der Waals surface area contributed by atoms with E-state index in [1.165, 1.54) is 0 Å². The number of hydrogen-bond donors (Lipinski definition) is 0. The van der Waals surface area contributed by atoms with Crippen LogP contribution in [0, 0.1) is 5.92 Å². The number of nitrogens with zero attached hydrogens (tertiary/aromatic N) is 1. The molecular weight excluding hydrogens is 218 g/mol. The van der Waals surface area contributed by atoms with Gasteiger partial charge < -0.3 is 14.4 Å². The number of carbonyl (C=O) groups is 1. The molecule has 0 N–H and O–H groups in total. The van der Waals surface area contributed by atoms with Crippen molar-refractivity contribution in [3.8, 4) is 0 Å². The predicted molar refractivity (Wildman–Crippen MR) is 69.2 cm³/mol. The summed E-state index contributed by atoms with van der Waals surface area (Å²) in [4.78, 5) is 13.4. The van der Waals surface area contributed by atoms with Crippen LogP contribution in [-0.2, 0) is 9.47 Å². The number of ether oxygens (including phenoxy) is 2. The summed E-state index contributed by atoms with van der Waals surface area (Å²) in [6.45, 7) is 12.4. The van der Waals surface area contributed by atoms with Gasteiger partial charge in [-0.25, -0.2) is 4.79 Å². The second kappa shape index (κ2) is 10.4. The van der Waals surface area contributed by atoms with E-state index in [9.17, 15) is 4.79 Å². The van der Waals surface area contributed by atoms with Crippen molar-refractivity contribution < 1.29 is 14.3 Å². The average molecular weight is 245 g/mol. The fraction of sp³-hybridized carbons (Fsp3) is 0.923. The maximum absolute atomic E-state index is 11.2. The van der Waals surface area contributed by atoms with Gasteiger partial charge in [-0.1, -0.05) is 27.7 Å². The van der Waals surface area contributed by atoms with Crippen molar-refractivity contribution in [2.24, 2.45) is 5.92 Å². The first-order valence-corrected chi connectivity index (χ1v) is 6.62. The van der Waals surface area contributed by atoms with Crippen molar-refractivity contribution >= 4 is 6.16 Å². The van der Waals surface area contributed by atoms with Crippen LogP contribution in [0.2, 0.25) is 0 Å². The first kappa shape index (κ1) is 16.2. The second-order valence-electron chi connectivity index (χ2n) is 4.51. The van der Waals surface area contributed by atoms with Gasteiger partial charge in [0.1, 0.15) is 0 Å². The highest BCUT2D eigenvalue weighted by atomic mass is 16.7. The molecule has 0 fully saturated rings. The summed E-state index contributed by atoms with van der Waals surface area (Å²) in [5.41, 5.74) is 0. The maximum Gasteiger partial charge on any atom is 0.508 e. The SMILES string of the molecule is CCN(CC)CCCOC(=O)OCCC(C)C. The lowest BCUT2D eigenvalue weighted by atomic mass is 10.1. The van der Waals surface area contributed by atoms with Crippen molar-refractivity contribution in [1.29, 1.82) is 0 Å². The van der Waals surface area contributed by atoms with E-state index < -0.39 is 6.16 Å². The third kappa shape index (κ3) is 10.1. The van der Waals surface area contributed by atoms with Gasteiger partial charge in [0.05, 0.1) is 13.2 Å². The molecule has 0 aromatic carbocycles. The van der Waals surface area contributed by atoms with Gasteiger partial charge in [-0.2, -0.15) is 0 Å². The van der Waals surface area contributed by atoms with Crippen LogP contribution in [0.25, 0.3) is 0 Å². The zero-order chi connectivity index (χ0) is 13.1. The summed E-state index contributed by atoms with van der Waals surface area (Å²) in [5, 5.41) is 0. The number of carbonyl (C=O) groups excluding carboxylic acids is 1. The first-order chi connectivity index (χ1) is 8.10. The summed E-state index contributed by atoms with van der Waals surface area (Å²) in [6, 6.07) is 0. The minimum atomic E-state index is -0.537. The fourth-order valence-corrected chi connectivity index (χ4v) is 1.40. The van der Waals surface area contributed by atoms with Crippen LogP contribution in [0.4, 0.5) is 4.79 Å². The van der Waals surface area contributed by atoms with Crippen LogP contribution in [-0.4, -0.2) is 43.9 Å². The third-order valence-corrected chi connectivity index (χ3v) is 2.65. The predicted octanol–water partition coefficient (Wildman–Crippen LogP) is 2.92. The molecule has 0 aliphatic carbocycles. The molecule has 4 heteroatoms. The Morgan fingerprint density at radius 1 is 1.12 bits per heavy atom. The molecule has 0 saturated carbocycles. The Bertz CT molecular complexity index is 191. The van der Waals surface area contributed by atoms with E-state index >= 15 is 0 Å². The smallest absolute Gasteiger partial charge is 0.434 e. The molecule has 0 bridgehead atoms. The lowest BCUT2D eigenvalue weighted by molar-refractivity contribution is 0.0499. The molecule has 0 aromatic rings. The Morgan fingerprint density at radius 2 is 1.71 bits per heavy atom. The molecule has 17 heavy (non-hydrogen) atoms. The zero-order valence-corrected chi connectivity index (χ0v) is 11.7. The number of rotatable bonds is 9. The second-order valence-corrected chi connectivity index (χ2v) is 4.51. The summed E-state index contributed by atoms with van der Waals surface area (Å²) in [7, 11) is 0. The Labute approximate surface area is 105 Å². The zero-order valence-electron chi connectivity index (χ0n) is 11.7. The van der Waals surface area contributed by atoms with Crippen molar-refractivity contribution in [1.82, 2.24) is 4.90 Å². The minimum Gasteiger partial charge on any atom is -0.434 e. The van der Waals surface area contributed by atoms with E-state index in [-0.39, 0.29) is 0 Å². The molecule has 0 rings (SSSR count). The van der Waals surface area contributed by atoms with E-state index in [4.69, 9.17) is 9.47 Å². The summed E-state index contributed by atoms with van der Waals surface area (Å²) in [5.74, 6) is 0.547. The minimum absolute atomic E-state index is 0.441. The van der Waals surface area contributed by atoms with Crippen LogP contribution in [0.15, 0.2) is 0 Å². The van der Waals surface area contributed by atoms with E-state index in [2.05, 4.69) is 32.6 Å². The van der Waals surface area contributed by atoms with Crippen LogP contribution in [0.3, 0.4) is 0 Å². The van der Waals surface area contributed by atoms with Crippen LogP contribution in [0.1, 0.15) is 40.5 Å². The molecule has 102 valence electrons. The topological polar surface area (TPSA) is 38.8 Å². The van der Waals surface area contributed by atoms with Gasteiger partial charge in [0.2, 0.25) is 0 Å². The summed E-state index contributed by atoms with van der Waals surface area (Å²) < 4.78 is 9.91. The van der Waals surface area contributed by atoms with Crippen molar-refractivity contribution in [2.75, 3.05) is 32.8 Å². The molecule has 0 aromatic heterocycles. The van der Waals surface area contributed by atoms with Gasteiger partial charge in [-0.15, -0.1) is 0 Å². The molecule has 4 nitrogen and oxygen atoms in total. The van der Waals surface area contributed by atoms with E-state index in [1.807, 2.05) is 0 Å². The van der Waals surface area contributed by atoms with Gasteiger partial charge in [-0.3, -0.25) is 0 Å². The van der Waals surface area contributed by atoms with Crippen molar-refractivity contribution in [3.05, 3.63) is 0 Å². The fourth-order valence-electron chi connectivity index (χ4n) is 1.40. The Hall–Kier alpha value is -0.770. The van der Waals surface area contributed by atoms with Crippen molar-refractivity contribution in [3.63, 3.8) is 0 Å². The Morgan fingerprint density at radius 3 is 2.24 bits per heavy atom. The van der Waals surface area contributed by atoms with Crippen LogP contribution >= 0.6 is 0 Å². The standard InChI is InChI=1S/C13H27NO3/c1-5-14(6-2)9-7-10-16-13(15)17-11-8-12(3)4/h12H,5-11H2,1-4H3. The molecule has 0 heterocycles. The largest absolute Gasteiger partial charge is 0.508 e. The van der Waals surface area contributed by atoms with Gasteiger partial charge in [-0.05, 0) is 31.8 Å². The Kier molecular flexibility index (Phi) is 9.92. The molecule has 0 amide bonds. The lowest BCUT2D eigenvalue weighted by Gasteiger charge is -2.17. The molecular formula is C13H27NO3. The molecule has 0 aliphatic heterocycles. The van der Waals surface area contributed by atoms with Crippen molar-refractivity contribution in [2.45, 2.75) is 40.5 Å². The molecule has 0 atom stereocenters. The highest BCUT2D eigenvalue weighted by Crippen LogP contribution is 2.00. The lowest BCUT2D eigenvalue weighted by Crippen LogP contribution is -2.25. The third-order valence-electron chi connectivity index (χ3n) is 2.65. The highest BCUT2D eigenvalue weighted by molar-refractivity contribution is 5.59. The van der Waals surface area contributed by atoms with Gasteiger partial charge in [0.15, 0.2) is 0 Å². The van der Waals surface area contributed by atoms with Gasteiger partial charge >= 0.3 is 6.16 Å². The van der Waals surface area contributed by atoms with Crippen LogP contribution in [0.5, 0.6) is 0 Å².